The maximum Gasteiger partial charge on any atom is 0.474 e. The molecule has 2 atom stereocenters. The highest BCUT2D eigenvalue weighted by Crippen LogP contribution is 2.63. The summed E-state index contributed by atoms with van der Waals surface area (Å²) >= 11 is 5.87. The standard InChI is InChI=1S/C17H16O7P2.C17H16O6P2S/c18-25(20-9-17-10-21-26(19,22-11-17)23-12-17)16-8-4-2-6-14(16)13-5-1-3-7-15(13)24-25;18-25-20-10-17(11-21-25,12-22-25)9-19-24(26)16-8-4-2-6-14(16)13-5-1-3-7-15(13)23-24/h2*1-8H,9-12H2. The van der Waals surface area contributed by atoms with Crippen molar-refractivity contribution in [2.45, 2.75) is 0 Å². The van der Waals surface area contributed by atoms with E-state index in [0.29, 0.717) is 11.1 Å². The molecule has 4 bridgehead atoms. The molecular formula is C34H32O13P4S. The smallest absolute Gasteiger partial charge is 0.440 e. The first-order chi connectivity index (χ1) is 25.0. The van der Waals surface area contributed by atoms with Gasteiger partial charge in [-0.1, -0.05) is 72.8 Å². The number of hydrogen-bond donors (Lipinski definition) is 0. The lowest BCUT2D eigenvalue weighted by molar-refractivity contribution is -0.111. The van der Waals surface area contributed by atoms with Crippen LogP contribution in [0.3, 0.4) is 0 Å². The van der Waals surface area contributed by atoms with E-state index in [9.17, 15) is 13.7 Å². The second kappa shape index (κ2) is 13.1. The molecule has 8 aliphatic rings. The minimum Gasteiger partial charge on any atom is -0.440 e. The van der Waals surface area contributed by atoms with Gasteiger partial charge in [-0.25, -0.2) is 13.7 Å². The lowest BCUT2D eigenvalue weighted by Crippen LogP contribution is -2.47. The first-order valence-corrected chi connectivity index (χ1v) is 23.5. The molecule has 4 aromatic carbocycles. The summed E-state index contributed by atoms with van der Waals surface area (Å²) in [7, 11) is -10.3. The van der Waals surface area contributed by atoms with Crippen molar-refractivity contribution in [1.82, 2.24) is 0 Å². The van der Waals surface area contributed by atoms with E-state index in [1.165, 1.54) is 0 Å². The first kappa shape index (κ1) is 35.2. The molecule has 12 rings (SSSR count). The Labute approximate surface area is 304 Å². The van der Waals surface area contributed by atoms with Crippen LogP contribution >= 0.6 is 29.7 Å². The van der Waals surface area contributed by atoms with Crippen LogP contribution in [0.1, 0.15) is 0 Å². The van der Waals surface area contributed by atoms with Gasteiger partial charge in [0.05, 0.1) is 74.3 Å². The van der Waals surface area contributed by atoms with Crippen LogP contribution < -0.4 is 19.7 Å². The van der Waals surface area contributed by atoms with Gasteiger partial charge in [-0.15, -0.1) is 0 Å². The van der Waals surface area contributed by atoms with Crippen molar-refractivity contribution < 1.29 is 58.9 Å². The molecule has 4 aromatic rings. The van der Waals surface area contributed by atoms with Gasteiger partial charge in [-0.3, -0.25) is 31.7 Å². The number of hydrogen-bond acceptors (Lipinski definition) is 14. The summed E-state index contributed by atoms with van der Waals surface area (Å²) in [5.41, 5.74) is 2.58. The zero-order valence-electron chi connectivity index (χ0n) is 27.4. The zero-order valence-corrected chi connectivity index (χ0v) is 31.8. The Morgan fingerprint density at radius 1 is 0.500 bits per heavy atom. The van der Waals surface area contributed by atoms with Crippen LogP contribution in [0.25, 0.3) is 22.3 Å². The van der Waals surface area contributed by atoms with Crippen molar-refractivity contribution in [2.75, 3.05) is 52.9 Å². The summed E-state index contributed by atoms with van der Waals surface area (Å²) in [4.78, 5) is 0. The molecule has 2 unspecified atom stereocenters. The molecule has 272 valence electrons. The van der Waals surface area contributed by atoms with Crippen molar-refractivity contribution in [3.63, 3.8) is 0 Å². The maximum atomic E-state index is 13.6. The third-order valence-electron chi connectivity index (χ3n) is 9.44. The Morgan fingerprint density at radius 3 is 1.40 bits per heavy atom. The molecule has 0 amide bonds. The number of phosphoric ester groups is 2. The lowest BCUT2D eigenvalue weighted by atomic mass is 9.93. The van der Waals surface area contributed by atoms with Crippen LogP contribution in [0.2, 0.25) is 0 Å². The van der Waals surface area contributed by atoms with Crippen molar-refractivity contribution in [1.29, 1.82) is 0 Å². The van der Waals surface area contributed by atoms with Gasteiger partial charge in [0.1, 0.15) is 11.5 Å². The summed E-state index contributed by atoms with van der Waals surface area (Å²) in [6.45, 7) is -1.17. The number of benzene rings is 4. The van der Waals surface area contributed by atoms with Crippen molar-refractivity contribution in [2.24, 2.45) is 10.8 Å². The Balaban J connectivity index is 0.000000138. The van der Waals surface area contributed by atoms with Gasteiger partial charge >= 0.3 is 23.2 Å². The van der Waals surface area contributed by atoms with Gasteiger partial charge < -0.3 is 13.6 Å². The topological polar surface area (TPSA) is 144 Å². The van der Waals surface area contributed by atoms with E-state index in [1.54, 1.807) is 18.2 Å². The summed E-state index contributed by atoms with van der Waals surface area (Å²) in [5.74, 6) is 1.25. The highest BCUT2D eigenvalue weighted by molar-refractivity contribution is 8.13. The monoisotopic (exact) mass is 804 g/mol. The van der Waals surface area contributed by atoms with Crippen LogP contribution in [0.15, 0.2) is 97.1 Å². The average molecular weight is 805 g/mol. The van der Waals surface area contributed by atoms with E-state index >= 15 is 0 Å². The van der Waals surface area contributed by atoms with E-state index < -0.39 is 40.6 Å². The fraction of sp³-hybridized carbons (Fsp3) is 0.294. The van der Waals surface area contributed by atoms with Crippen LogP contribution in [0.5, 0.6) is 11.5 Å². The van der Waals surface area contributed by atoms with E-state index in [4.69, 9.17) is 57.0 Å². The molecule has 13 nitrogen and oxygen atoms in total. The Morgan fingerprint density at radius 2 is 0.885 bits per heavy atom. The third-order valence-corrected chi connectivity index (χ3v) is 17.0. The van der Waals surface area contributed by atoms with Crippen LogP contribution in [0.4, 0.5) is 0 Å². The molecule has 6 fully saturated rings. The molecule has 0 N–H and O–H groups in total. The zero-order chi connectivity index (χ0) is 35.7. The van der Waals surface area contributed by atoms with Crippen LogP contribution in [-0.4, -0.2) is 52.9 Å². The molecule has 0 radical (unpaired) electrons. The number of fused-ring (bicyclic) bond motifs is 12. The van der Waals surface area contributed by atoms with Gasteiger partial charge in [0.25, 0.3) is 6.49 Å². The van der Waals surface area contributed by atoms with Crippen LogP contribution in [0, 0.1) is 10.8 Å². The van der Waals surface area contributed by atoms with Crippen LogP contribution in [-0.2, 0) is 61.7 Å². The number of para-hydroxylation sites is 2. The number of rotatable bonds is 6. The van der Waals surface area contributed by atoms with E-state index in [1.807, 2.05) is 78.9 Å². The predicted molar refractivity (Wildman–Crippen MR) is 194 cm³/mol. The van der Waals surface area contributed by atoms with Gasteiger partial charge in [0.2, 0.25) is 0 Å². The molecular weight excluding hydrogens is 772 g/mol. The van der Waals surface area contributed by atoms with Gasteiger partial charge in [-0.2, -0.15) is 0 Å². The minimum atomic E-state index is -3.59. The second-order valence-electron chi connectivity index (χ2n) is 13.3. The quantitative estimate of drug-likeness (QED) is 0.176. The molecule has 52 heavy (non-hydrogen) atoms. The lowest BCUT2D eigenvalue weighted by Gasteiger charge is -2.44. The summed E-state index contributed by atoms with van der Waals surface area (Å²) < 4.78 is 92.6. The molecule has 0 aliphatic carbocycles. The SMILES string of the molecule is O=P12OCC(COP3(=O)Oc4ccccc4-c4ccccc43)(CO1)CO2.O=P12OCC(COP3(=S)Oc4ccccc4-c4ccccc43)(CO1)CO2. The molecule has 18 heteroatoms. The summed E-state index contributed by atoms with van der Waals surface area (Å²) in [5, 5.41) is 1.42. The second-order valence-corrected chi connectivity index (χ2v) is 21.9. The third kappa shape index (κ3) is 6.32. The molecule has 0 saturated carbocycles. The van der Waals surface area contributed by atoms with Gasteiger partial charge in [-0.05, 0) is 41.6 Å². The number of phosphoric acid groups is 2. The van der Waals surface area contributed by atoms with E-state index in [2.05, 4.69) is 0 Å². The fourth-order valence-electron chi connectivity index (χ4n) is 6.43. The maximum absolute atomic E-state index is 13.6. The summed E-state index contributed by atoms with van der Waals surface area (Å²) in [6, 6.07) is 30.5. The molecule has 0 spiro atoms. The summed E-state index contributed by atoms with van der Waals surface area (Å²) in [6.07, 6.45) is 0. The average Bonchev–Trinajstić information content (AvgIpc) is 3.18. The van der Waals surface area contributed by atoms with E-state index in [0.717, 1.165) is 33.3 Å². The van der Waals surface area contributed by atoms with Gasteiger partial charge in [0, 0.05) is 16.7 Å². The largest absolute Gasteiger partial charge is 0.474 e. The first-order valence-electron chi connectivity index (χ1n) is 16.4. The molecule has 0 aromatic heterocycles. The Kier molecular flexibility index (Phi) is 8.85. The fourth-order valence-corrected chi connectivity index (χ4v) is 14.2. The normalized spacial score (nSPS) is 34.6. The Bertz CT molecular complexity index is 2050. The highest BCUT2D eigenvalue weighted by atomic mass is 32.5. The highest BCUT2D eigenvalue weighted by Gasteiger charge is 2.53. The van der Waals surface area contributed by atoms with Crippen molar-refractivity contribution in [3.8, 4) is 33.8 Å². The molecule has 6 saturated heterocycles. The van der Waals surface area contributed by atoms with Crippen molar-refractivity contribution >= 4 is 52.1 Å². The predicted octanol–water partition coefficient (Wildman–Crippen LogP) is 7.62. The Hall–Kier alpha value is -2.50. The van der Waals surface area contributed by atoms with Gasteiger partial charge in [0.15, 0.2) is 0 Å². The molecule has 8 aliphatic heterocycles. The van der Waals surface area contributed by atoms with Crippen molar-refractivity contribution in [3.05, 3.63) is 97.1 Å². The van der Waals surface area contributed by atoms with E-state index in [-0.39, 0.29) is 52.9 Å². The minimum absolute atomic E-state index is 0.0424. The molecule has 8 heterocycles.